The van der Waals surface area contributed by atoms with E-state index in [9.17, 15) is 9.59 Å². The van der Waals surface area contributed by atoms with Crippen molar-refractivity contribution in [1.82, 2.24) is 14.5 Å². The summed E-state index contributed by atoms with van der Waals surface area (Å²) < 4.78 is 7.30. The predicted molar refractivity (Wildman–Crippen MR) is 144 cm³/mol. The van der Waals surface area contributed by atoms with E-state index in [4.69, 9.17) is 21.3 Å². The van der Waals surface area contributed by atoms with Crippen molar-refractivity contribution in [1.29, 1.82) is 0 Å². The van der Waals surface area contributed by atoms with Gasteiger partial charge in [-0.15, -0.1) is 0 Å². The van der Waals surface area contributed by atoms with Crippen molar-refractivity contribution in [3.05, 3.63) is 52.3 Å². The minimum atomic E-state index is -0.279. The molecule has 2 aromatic heterocycles. The lowest BCUT2D eigenvalue weighted by atomic mass is 9.78. The first kappa shape index (κ1) is 26.0. The van der Waals surface area contributed by atoms with Crippen molar-refractivity contribution in [2.45, 2.75) is 58.9 Å². The Balaban J connectivity index is 1.67. The molecule has 7 nitrogen and oxygen atoms in total. The van der Waals surface area contributed by atoms with Crippen LogP contribution in [0.4, 0.5) is 5.69 Å². The Hall–Kier alpha value is -3.06. The Morgan fingerprint density at radius 3 is 2.61 bits per heavy atom. The number of ether oxygens (including phenoxy) is 1. The summed E-state index contributed by atoms with van der Waals surface area (Å²) in [6.07, 6.45) is 5.61. The maximum atomic E-state index is 13.1. The largest absolute Gasteiger partial charge is 0.497 e. The highest BCUT2D eigenvalue weighted by Crippen LogP contribution is 2.42. The van der Waals surface area contributed by atoms with Crippen LogP contribution in [0.5, 0.6) is 5.75 Å². The summed E-state index contributed by atoms with van der Waals surface area (Å²) in [4.78, 5) is 32.6. The van der Waals surface area contributed by atoms with Crippen molar-refractivity contribution < 1.29 is 14.3 Å². The molecule has 1 atom stereocenters. The molecule has 0 spiro atoms. The van der Waals surface area contributed by atoms with Gasteiger partial charge >= 0.3 is 0 Å². The van der Waals surface area contributed by atoms with Crippen LogP contribution in [0.1, 0.15) is 67.9 Å². The number of carbonyl (C=O) groups is 2. The number of likely N-dealkylation sites (tertiary alicyclic amines) is 1. The van der Waals surface area contributed by atoms with Crippen LogP contribution in [-0.2, 0) is 11.8 Å². The Morgan fingerprint density at radius 1 is 1.25 bits per heavy atom. The van der Waals surface area contributed by atoms with Crippen LogP contribution in [0.2, 0.25) is 5.02 Å². The van der Waals surface area contributed by atoms with Crippen molar-refractivity contribution in [3.8, 4) is 5.75 Å². The van der Waals surface area contributed by atoms with E-state index >= 15 is 0 Å². The number of nitrogens with one attached hydrogen (secondary N) is 1. The van der Waals surface area contributed by atoms with E-state index in [0.29, 0.717) is 22.0 Å². The normalized spacial score (nSPS) is 17.5. The summed E-state index contributed by atoms with van der Waals surface area (Å²) in [7, 11) is 3.54. The second-order valence-corrected chi connectivity index (χ2v) is 11.1. The Kier molecular flexibility index (Phi) is 7.06. The summed E-state index contributed by atoms with van der Waals surface area (Å²) >= 11 is 6.17. The van der Waals surface area contributed by atoms with Gasteiger partial charge in [0.05, 0.1) is 19.0 Å². The number of rotatable bonds is 5. The van der Waals surface area contributed by atoms with E-state index in [-0.39, 0.29) is 29.2 Å². The first-order valence-electron chi connectivity index (χ1n) is 12.3. The summed E-state index contributed by atoms with van der Waals surface area (Å²) in [6, 6.07) is 4.93. The molecule has 192 valence electrons. The van der Waals surface area contributed by atoms with Crippen molar-refractivity contribution >= 4 is 40.1 Å². The molecule has 1 aliphatic heterocycles. The number of anilines is 1. The topological polar surface area (TPSA) is 76.5 Å². The molecule has 0 bridgehead atoms. The lowest BCUT2D eigenvalue weighted by Crippen LogP contribution is -2.53. The van der Waals surface area contributed by atoms with Crippen LogP contribution in [0.25, 0.3) is 11.0 Å². The van der Waals surface area contributed by atoms with E-state index < -0.39 is 0 Å². The molecular formula is C28H35ClN4O3. The van der Waals surface area contributed by atoms with Gasteiger partial charge in [-0.3, -0.25) is 9.59 Å². The average molecular weight is 511 g/mol. The van der Waals surface area contributed by atoms with Gasteiger partial charge in [0.25, 0.3) is 5.91 Å². The fraction of sp³-hybridized carbons (Fsp3) is 0.464. The molecule has 1 saturated heterocycles. The van der Waals surface area contributed by atoms with E-state index in [2.05, 4.69) is 25.4 Å². The SMILES string of the molecule is COc1cc(Cl)cc(C(=O)Nc2cnc3c(c([C@@H]4CCN(C(=O)C(C)C)C(C)(C)C4)cn3C)c2C)c1. The van der Waals surface area contributed by atoms with Crippen LogP contribution in [0, 0.1) is 12.8 Å². The standard InChI is InChI=1S/C28H35ClN4O3/c1-16(2)27(35)33-9-8-18(13-28(33,4)5)22-15-32(6)25-24(22)17(3)23(14-30-25)31-26(34)19-10-20(29)12-21(11-19)36-7/h10-12,14-16,18H,8-9,13H2,1-7H3,(H,31,34)/t18-/m1/s1. The summed E-state index contributed by atoms with van der Waals surface area (Å²) in [5, 5.41) is 4.50. The summed E-state index contributed by atoms with van der Waals surface area (Å²) in [6.45, 7) is 11.0. The second-order valence-electron chi connectivity index (χ2n) is 10.7. The highest BCUT2D eigenvalue weighted by atomic mass is 35.5. The molecule has 0 aliphatic carbocycles. The third-order valence-electron chi connectivity index (χ3n) is 7.27. The van der Waals surface area contributed by atoms with Crippen LogP contribution >= 0.6 is 11.6 Å². The number of benzene rings is 1. The molecule has 1 aromatic carbocycles. The maximum absolute atomic E-state index is 13.1. The number of aryl methyl sites for hydroxylation is 2. The van der Waals surface area contributed by atoms with Crippen LogP contribution in [-0.4, -0.2) is 45.5 Å². The molecular weight excluding hydrogens is 476 g/mol. The van der Waals surface area contributed by atoms with Crippen molar-refractivity contribution in [2.75, 3.05) is 19.0 Å². The number of piperidine rings is 1. The third-order valence-corrected chi connectivity index (χ3v) is 7.49. The number of carbonyl (C=O) groups excluding carboxylic acids is 2. The molecule has 0 saturated carbocycles. The number of fused-ring (bicyclic) bond motifs is 1. The molecule has 8 heteroatoms. The summed E-state index contributed by atoms with van der Waals surface area (Å²) in [5.41, 5.74) is 3.88. The lowest BCUT2D eigenvalue weighted by Gasteiger charge is -2.46. The van der Waals surface area contributed by atoms with Gasteiger partial charge in [0.1, 0.15) is 11.4 Å². The van der Waals surface area contributed by atoms with Crippen LogP contribution in [0.3, 0.4) is 0 Å². The molecule has 1 N–H and O–H groups in total. The minimum Gasteiger partial charge on any atom is -0.497 e. The zero-order chi connectivity index (χ0) is 26.4. The lowest BCUT2D eigenvalue weighted by molar-refractivity contribution is -0.142. The molecule has 1 fully saturated rings. The average Bonchev–Trinajstić information content (AvgIpc) is 3.16. The molecule has 0 unspecified atom stereocenters. The Labute approximate surface area is 217 Å². The molecule has 3 heterocycles. The molecule has 36 heavy (non-hydrogen) atoms. The maximum Gasteiger partial charge on any atom is 0.255 e. The van der Waals surface area contributed by atoms with E-state index in [1.54, 1.807) is 24.4 Å². The molecule has 2 amide bonds. The fourth-order valence-corrected chi connectivity index (χ4v) is 5.59. The number of halogens is 1. The monoisotopic (exact) mass is 510 g/mol. The van der Waals surface area contributed by atoms with E-state index in [1.807, 2.05) is 37.3 Å². The van der Waals surface area contributed by atoms with Crippen molar-refractivity contribution in [2.24, 2.45) is 13.0 Å². The van der Waals surface area contributed by atoms with Crippen LogP contribution in [0.15, 0.2) is 30.6 Å². The number of aromatic nitrogens is 2. The van der Waals surface area contributed by atoms with Gasteiger partial charge in [-0.2, -0.15) is 0 Å². The fourth-order valence-electron chi connectivity index (χ4n) is 5.37. The Bertz CT molecular complexity index is 1330. The molecule has 1 aliphatic rings. The zero-order valence-corrected chi connectivity index (χ0v) is 22.9. The Morgan fingerprint density at radius 2 is 1.97 bits per heavy atom. The van der Waals surface area contributed by atoms with Gasteiger partial charge in [-0.05, 0) is 68.9 Å². The number of nitrogens with zero attached hydrogens (tertiary/aromatic N) is 3. The summed E-state index contributed by atoms with van der Waals surface area (Å²) in [5.74, 6) is 0.711. The quantitative estimate of drug-likeness (QED) is 0.461. The number of hydrogen-bond acceptors (Lipinski definition) is 4. The number of hydrogen-bond donors (Lipinski definition) is 1. The smallest absolute Gasteiger partial charge is 0.255 e. The highest BCUT2D eigenvalue weighted by Gasteiger charge is 2.39. The molecule has 0 radical (unpaired) electrons. The molecule has 3 aromatic rings. The molecule has 4 rings (SSSR count). The first-order valence-corrected chi connectivity index (χ1v) is 12.7. The highest BCUT2D eigenvalue weighted by molar-refractivity contribution is 6.31. The van der Waals surface area contributed by atoms with Crippen molar-refractivity contribution in [3.63, 3.8) is 0 Å². The minimum absolute atomic E-state index is 0.0181. The van der Waals surface area contributed by atoms with Gasteiger partial charge < -0.3 is 19.5 Å². The number of pyridine rings is 1. The number of methoxy groups -OCH3 is 1. The first-order chi connectivity index (χ1) is 16.9. The van der Waals surface area contributed by atoms with E-state index in [1.165, 1.54) is 12.7 Å². The van der Waals surface area contributed by atoms with Gasteiger partial charge in [0.15, 0.2) is 0 Å². The van der Waals surface area contributed by atoms with Gasteiger partial charge in [0.2, 0.25) is 5.91 Å². The zero-order valence-electron chi connectivity index (χ0n) is 22.1. The van der Waals surface area contributed by atoms with Gasteiger partial charge in [-0.1, -0.05) is 25.4 Å². The van der Waals surface area contributed by atoms with Gasteiger partial charge in [0, 0.05) is 47.2 Å². The van der Waals surface area contributed by atoms with E-state index in [0.717, 1.165) is 36.0 Å². The third kappa shape index (κ3) is 4.81. The van der Waals surface area contributed by atoms with Crippen LogP contribution < -0.4 is 10.1 Å². The number of amides is 2. The predicted octanol–water partition coefficient (Wildman–Crippen LogP) is 5.94. The van der Waals surface area contributed by atoms with Gasteiger partial charge in [-0.25, -0.2) is 4.98 Å². The second kappa shape index (κ2) is 9.77.